The van der Waals surface area contributed by atoms with Crippen LogP contribution in [0.4, 0.5) is 0 Å². The van der Waals surface area contributed by atoms with E-state index in [0.29, 0.717) is 49.4 Å². The predicted octanol–water partition coefficient (Wildman–Crippen LogP) is 5.38. The van der Waals surface area contributed by atoms with Crippen molar-refractivity contribution in [1.29, 1.82) is 0 Å². The topological polar surface area (TPSA) is 80.0 Å². The summed E-state index contributed by atoms with van der Waals surface area (Å²) in [6, 6.07) is 12.0. The van der Waals surface area contributed by atoms with Gasteiger partial charge in [0.2, 0.25) is 5.91 Å². The average molecular weight is 504 g/mol. The van der Waals surface area contributed by atoms with Gasteiger partial charge in [-0.05, 0) is 75.3 Å². The molecule has 0 bridgehead atoms. The molecular formula is C31H37NO5. The zero-order chi connectivity index (χ0) is 26.2. The van der Waals surface area contributed by atoms with Crippen molar-refractivity contribution >= 4 is 16.9 Å². The van der Waals surface area contributed by atoms with E-state index in [1.807, 2.05) is 49.1 Å². The maximum absolute atomic E-state index is 13.0. The number of hydrogen-bond donors (Lipinski definition) is 1. The zero-order valence-electron chi connectivity index (χ0n) is 22.1. The summed E-state index contributed by atoms with van der Waals surface area (Å²) in [5.74, 6) is 0.897. The first-order valence-electron chi connectivity index (χ1n) is 13.5. The van der Waals surface area contributed by atoms with E-state index >= 15 is 0 Å². The van der Waals surface area contributed by atoms with Crippen LogP contribution in [0.2, 0.25) is 0 Å². The third-order valence-electron chi connectivity index (χ3n) is 8.67. The highest BCUT2D eigenvalue weighted by molar-refractivity contribution is 5.86. The van der Waals surface area contributed by atoms with Crippen LogP contribution in [0.25, 0.3) is 11.0 Å². The number of amides is 1. The van der Waals surface area contributed by atoms with Crippen molar-refractivity contribution in [3.8, 4) is 5.75 Å². The molecule has 2 heterocycles. The lowest BCUT2D eigenvalue weighted by Gasteiger charge is -2.47. The Morgan fingerprint density at radius 2 is 1.92 bits per heavy atom. The number of aryl methyl sites for hydroxylation is 3. The second-order valence-electron chi connectivity index (χ2n) is 10.9. The number of piperidine rings is 1. The predicted molar refractivity (Wildman–Crippen MR) is 144 cm³/mol. The van der Waals surface area contributed by atoms with Crippen molar-refractivity contribution in [2.75, 3.05) is 13.1 Å². The summed E-state index contributed by atoms with van der Waals surface area (Å²) in [6.07, 6.45) is 5.26. The van der Waals surface area contributed by atoms with Gasteiger partial charge in [0.1, 0.15) is 17.9 Å². The molecule has 0 spiro atoms. The first-order chi connectivity index (χ1) is 17.8. The van der Waals surface area contributed by atoms with E-state index in [1.54, 1.807) is 0 Å². The Hall–Kier alpha value is -3.12. The summed E-state index contributed by atoms with van der Waals surface area (Å²) in [5, 5.41) is 11.8. The summed E-state index contributed by atoms with van der Waals surface area (Å²) < 4.78 is 11.9. The molecule has 1 saturated heterocycles. The molecule has 2 atom stereocenters. The van der Waals surface area contributed by atoms with Crippen molar-refractivity contribution in [2.24, 2.45) is 5.92 Å². The van der Waals surface area contributed by atoms with Gasteiger partial charge in [-0.15, -0.1) is 0 Å². The Morgan fingerprint density at radius 1 is 1.11 bits per heavy atom. The van der Waals surface area contributed by atoms with E-state index in [-0.39, 0.29) is 18.2 Å². The van der Waals surface area contributed by atoms with Crippen molar-refractivity contribution in [2.45, 2.75) is 77.9 Å². The Balaban J connectivity index is 1.29. The first kappa shape index (κ1) is 25.5. The molecule has 2 fully saturated rings. The Labute approximate surface area is 218 Å². The van der Waals surface area contributed by atoms with Gasteiger partial charge in [0.05, 0.1) is 5.60 Å². The van der Waals surface area contributed by atoms with Crippen LogP contribution in [0.15, 0.2) is 45.6 Å². The summed E-state index contributed by atoms with van der Waals surface area (Å²) in [6.45, 7) is 7.53. The van der Waals surface area contributed by atoms with Gasteiger partial charge in [-0.2, -0.15) is 0 Å². The maximum Gasteiger partial charge on any atom is 0.339 e. The minimum atomic E-state index is -0.606. The van der Waals surface area contributed by atoms with Gasteiger partial charge in [0.15, 0.2) is 0 Å². The molecule has 2 aliphatic rings. The Morgan fingerprint density at radius 3 is 2.73 bits per heavy atom. The van der Waals surface area contributed by atoms with Gasteiger partial charge in [0.25, 0.3) is 0 Å². The third kappa shape index (κ3) is 5.04. The van der Waals surface area contributed by atoms with Crippen LogP contribution in [0.1, 0.15) is 66.3 Å². The summed E-state index contributed by atoms with van der Waals surface area (Å²) in [4.78, 5) is 27.9. The molecule has 1 N–H and O–H groups in total. The molecule has 196 valence electrons. The highest BCUT2D eigenvalue weighted by atomic mass is 16.5. The molecule has 1 aliphatic heterocycles. The lowest BCUT2D eigenvalue weighted by molar-refractivity contribution is -0.143. The molecular weight excluding hydrogens is 466 g/mol. The summed E-state index contributed by atoms with van der Waals surface area (Å²) in [7, 11) is 0. The molecule has 6 nitrogen and oxygen atoms in total. The third-order valence-corrected chi connectivity index (χ3v) is 8.67. The van der Waals surface area contributed by atoms with Gasteiger partial charge in [0, 0.05) is 41.9 Å². The smallest absolute Gasteiger partial charge is 0.339 e. The van der Waals surface area contributed by atoms with E-state index in [2.05, 4.69) is 13.0 Å². The van der Waals surface area contributed by atoms with Crippen molar-refractivity contribution < 1.29 is 19.1 Å². The fourth-order valence-corrected chi connectivity index (χ4v) is 6.13. The van der Waals surface area contributed by atoms with Gasteiger partial charge in [-0.25, -0.2) is 4.79 Å². The number of carbonyl (C=O) groups is 1. The van der Waals surface area contributed by atoms with E-state index in [1.165, 1.54) is 5.56 Å². The lowest BCUT2D eigenvalue weighted by atomic mass is 9.71. The van der Waals surface area contributed by atoms with Crippen LogP contribution in [-0.4, -0.2) is 34.6 Å². The molecule has 6 heteroatoms. The van der Waals surface area contributed by atoms with Gasteiger partial charge in [-0.3, -0.25) is 4.79 Å². The minimum absolute atomic E-state index is 0.0441. The van der Waals surface area contributed by atoms with Crippen LogP contribution < -0.4 is 10.4 Å². The van der Waals surface area contributed by atoms with Crippen LogP contribution in [0, 0.1) is 26.7 Å². The summed E-state index contributed by atoms with van der Waals surface area (Å²) >= 11 is 0. The average Bonchev–Trinajstić information content (AvgIpc) is 2.88. The quantitative estimate of drug-likeness (QED) is 0.457. The van der Waals surface area contributed by atoms with Crippen molar-refractivity contribution in [1.82, 2.24) is 4.90 Å². The number of likely N-dealkylation sites (tertiary alicyclic amines) is 1. The number of hydrogen-bond acceptors (Lipinski definition) is 5. The number of fused-ring (bicyclic) bond motifs is 2. The normalized spacial score (nSPS) is 21.6. The number of carbonyl (C=O) groups excluding carboxylic acids is 1. The summed E-state index contributed by atoms with van der Waals surface area (Å²) in [5.41, 5.74) is 4.02. The standard InChI is InChI=1S/C31H37NO5/c1-20-8-4-5-9-23(20)19-36-27-13-11-25-21(2)26(30(34)37-29(25)22(27)3)12-14-28(33)32-17-16-31(35)15-7-6-10-24(31)18-32/h4-5,8-9,11,13,24,35H,6-7,10,12,14-19H2,1-3H3/t24-,31-/m1/s1. The van der Waals surface area contributed by atoms with Crippen LogP contribution in [0.5, 0.6) is 5.75 Å². The van der Waals surface area contributed by atoms with Gasteiger partial charge >= 0.3 is 5.63 Å². The van der Waals surface area contributed by atoms with Crippen molar-refractivity contribution in [3.63, 3.8) is 0 Å². The molecule has 3 aromatic rings. The lowest BCUT2D eigenvalue weighted by Crippen LogP contribution is -2.54. The monoisotopic (exact) mass is 503 g/mol. The van der Waals surface area contributed by atoms with Crippen LogP contribution in [-0.2, 0) is 17.8 Å². The molecule has 37 heavy (non-hydrogen) atoms. The second-order valence-corrected chi connectivity index (χ2v) is 10.9. The molecule has 1 aromatic heterocycles. The van der Waals surface area contributed by atoms with Crippen LogP contribution >= 0.6 is 0 Å². The molecule has 0 unspecified atom stereocenters. The van der Waals surface area contributed by atoms with Gasteiger partial charge < -0.3 is 19.2 Å². The molecule has 1 amide bonds. The largest absolute Gasteiger partial charge is 0.488 e. The van der Waals surface area contributed by atoms with E-state index in [4.69, 9.17) is 9.15 Å². The number of rotatable bonds is 6. The number of aliphatic hydroxyl groups is 1. The number of ether oxygens (including phenoxy) is 1. The highest BCUT2D eigenvalue weighted by Gasteiger charge is 2.43. The molecule has 2 aromatic carbocycles. The van der Waals surface area contributed by atoms with Crippen LogP contribution in [0.3, 0.4) is 0 Å². The fraction of sp³-hybridized carbons (Fsp3) is 0.484. The van der Waals surface area contributed by atoms with E-state index in [9.17, 15) is 14.7 Å². The maximum atomic E-state index is 13.0. The molecule has 5 rings (SSSR count). The SMILES string of the molecule is Cc1ccccc1COc1ccc2c(C)c(CCC(=O)N3CC[C@]4(O)CCCC[C@@H]4C3)c(=O)oc2c1C. The van der Waals surface area contributed by atoms with E-state index in [0.717, 1.165) is 47.8 Å². The highest BCUT2D eigenvalue weighted by Crippen LogP contribution is 2.40. The van der Waals surface area contributed by atoms with Crippen molar-refractivity contribution in [3.05, 3.63) is 74.6 Å². The fourth-order valence-electron chi connectivity index (χ4n) is 6.13. The molecule has 1 aliphatic carbocycles. The first-order valence-corrected chi connectivity index (χ1v) is 13.5. The second kappa shape index (κ2) is 10.3. The van der Waals surface area contributed by atoms with E-state index < -0.39 is 11.2 Å². The number of benzene rings is 2. The number of nitrogens with zero attached hydrogens (tertiary/aromatic N) is 1. The molecule has 1 saturated carbocycles. The minimum Gasteiger partial charge on any atom is -0.488 e. The van der Waals surface area contributed by atoms with Gasteiger partial charge in [-0.1, -0.05) is 37.1 Å². The Kier molecular flexibility index (Phi) is 7.13. The Bertz CT molecular complexity index is 1380. The zero-order valence-corrected chi connectivity index (χ0v) is 22.1. The molecule has 0 radical (unpaired) electrons.